The number of amides is 1. The van der Waals surface area contributed by atoms with Gasteiger partial charge in [0.25, 0.3) is 5.91 Å². The normalized spacial score (nSPS) is 18.0. The zero-order chi connectivity index (χ0) is 13.3. The third-order valence-electron chi connectivity index (χ3n) is 2.90. The lowest BCUT2D eigenvalue weighted by Crippen LogP contribution is -2.31. The van der Waals surface area contributed by atoms with Gasteiger partial charge in [-0.2, -0.15) is 0 Å². The van der Waals surface area contributed by atoms with E-state index >= 15 is 0 Å². The highest BCUT2D eigenvalue weighted by Crippen LogP contribution is 2.31. The van der Waals surface area contributed by atoms with E-state index in [9.17, 15) is 14.7 Å². The summed E-state index contributed by atoms with van der Waals surface area (Å²) in [7, 11) is 1.50. The number of benzene rings is 1. The number of carboxylic acid groups (broad SMARTS) is 1. The molecule has 18 heavy (non-hydrogen) atoms. The molecule has 1 aromatic rings. The number of carboxylic acids is 1. The second-order valence-electron chi connectivity index (χ2n) is 3.97. The van der Waals surface area contributed by atoms with Gasteiger partial charge in [0, 0.05) is 24.8 Å². The van der Waals surface area contributed by atoms with Gasteiger partial charge in [-0.1, -0.05) is 6.07 Å². The summed E-state index contributed by atoms with van der Waals surface area (Å²) in [5.74, 6) is -1.48. The molecular weight excluding hydrogens is 238 g/mol. The topological polar surface area (TPSA) is 87.1 Å². The van der Waals surface area contributed by atoms with Crippen molar-refractivity contribution in [2.45, 2.75) is 6.23 Å². The first-order valence-electron chi connectivity index (χ1n) is 5.41. The Bertz CT molecular complexity index is 499. The highest BCUT2D eigenvalue weighted by molar-refractivity contribution is 6.01. The fraction of sp³-hybridized carbons (Fsp3) is 0.333. The van der Waals surface area contributed by atoms with Crippen LogP contribution in [-0.4, -0.2) is 47.3 Å². The van der Waals surface area contributed by atoms with Crippen molar-refractivity contribution < 1.29 is 24.5 Å². The molecule has 1 aliphatic rings. The Morgan fingerprint density at radius 3 is 2.83 bits per heavy atom. The van der Waals surface area contributed by atoms with Crippen molar-refractivity contribution in [1.29, 1.82) is 0 Å². The summed E-state index contributed by atoms with van der Waals surface area (Å²) in [6, 6.07) is 4.13. The predicted molar refractivity (Wildman–Crippen MR) is 61.3 cm³/mol. The zero-order valence-electron chi connectivity index (χ0n) is 9.79. The molecule has 1 aliphatic heterocycles. The van der Waals surface area contributed by atoms with Gasteiger partial charge in [0.2, 0.25) is 0 Å². The summed E-state index contributed by atoms with van der Waals surface area (Å²) >= 11 is 0. The summed E-state index contributed by atoms with van der Waals surface area (Å²) in [6.07, 6.45) is -1.04. The van der Waals surface area contributed by atoms with Crippen LogP contribution in [0.25, 0.3) is 0 Å². The second kappa shape index (κ2) is 4.75. The fourth-order valence-corrected chi connectivity index (χ4v) is 1.95. The van der Waals surface area contributed by atoms with E-state index in [1.807, 2.05) is 0 Å². The van der Waals surface area contributed by atoms with Crippen LogP contribution in [0.15, 0.2) is 18.2 Å². The van der Waals surface area contributed by atoms with Crippen molar-refractivity contribution >= 4 is 11.9 Å². The van der Waals surface area contributed by atoms with Crippen molar-refractivity contribution in [3.8, 4) is 0 Å². The van der Waals surface area contributed by atoms with Crippen molar-refractivity contribution in [1.82, 2.24) is 4.90 Å². The number of hydrogen-bond acceptors (Lipinski definition) is 4. The van der Waals surface area contributed by atoms with Gasteiger partial charge >= 0.3 is 5.97 Å². The zero-order valence-corrected chi connectivity index (χ0v) is 9.79. The molecule has 0 bridgehead atoms. The number of carbonyl (C=O) groups excluding carboxylic acids is 1. The standard InChI is InChI=1S/C12H13NO5/c1-18-5-4-13-10(14)8-3-2-7(12(16)17)6-9(8)11(13)15/h2-3,6,10,14H,4-5H2,1H3,(H,16,17)/t10-/m0/s1. The Hall–Kier alpha value is -1.92. The Labute approximate surface area is 103 Å². The van der Waals surface area contributed by atoms with Gasteiger partial charge < -0.3 is 19.8 Å². The maximum absolute atomic E-state index is 12.0. The van der Waals surface area contributed by atoms with Crippen LogP contribution < -0.4 is 0 Å². The summed E-state index contributed by atoms with van der Waals surface area (Å²) in [5.41, 5.74) is 0.697. The number of nitrogens with zero attached hydrogens (tertiary/aromatic N) is 1. The molecule has 0 saturated heterocycles. The van der Waals surface area contributed by atoms with Crippen LogP contribution in [0, 0.1) is 0 Å². The van der Waals surface area contributed by atoms with Crippen LogP contribution in [-0.2, 0) is 4.74 Å². The minimum absolute atomic E-state index is 0.0305. The molecule has 6 heteroatoms. The van der Waals surface area contributed by atoms with Crippen LogP contribution in [0.2, 0.25) is 0 Å². The van der Waals surface area contributed by atoms with Crippen LogP contribution in [0.5, 0.6) is 0 Å². The average molecular weight is 251 g/mol. The quantitative estimate of drug-likeness (QED) is 0.812. The first kappa shape index (κ1) is 12.5. The molecule has 6 nitrogen and oxygen atoms in total. The van der Waals surface area contributed by atoms with E-state index in [0.717, 1.165) is 0 Å². The molecule has 0 fully saturated rings. The smallest absolute Gasteiger partial charge is 0.335 e. The second-order valence-corrected chi connectivity index (χ2v) is 3.97. The van der Waals surface area contributed by atoms with E-state index < -0.39 is 12.2 Å². The van der Waals surface area contributed by atoms with Crippen LogP contribution in [0.4, 0.5) is 0 Å². The van der Waals surface area contributed by atoms with Crippen molar-refractivity contribution in [2.75, 3.05) is 20.3 Å². The van der Waals surface area contributed by atoms with Gasteiger partial charge in [0.05, 0.1) is 12.2 Å². The first-order chi connectivity index (χ1) is 8.56. The van der Waals surface area contributed by atoms with Crippen LogP contribution in [0.3, 0.4) is 0 Å². The molecule has 1 aromatic carbocycles. The van der Waals surface area contributed by atoms with Gasteiger partial charge in [0.15, 0.2) is 6.23 Å². The number of carbonyl (C=O) groups is 2. The summed E-state index contributed by atoms with van der Waals surface area (Å²) in [6.45, 7) is 0.566. The SMILES string of the molecule is COCCN1C(=O)c2cc(C(=O)O)ccc2[C@@H]1O. The lowest BCUT2D eigenvalue weighted by molar-refractivity contribution is 0.00728. The molecule has 1 amide bonds. The molecule has 0 saturated carbocycles. The molecular formula is C12H13NO5. The van der Waals surface area contributed by atoms with Gasteiger partial charge in [-0.25, -0.2) is 4.79 Å². The summed E-state index contributed by atoms with van der Waals surface area (Å²) < 4.78 is 4.86. The van der Waals surface area contributed by atoms with E-state index in [1.165, 1.54) is 30.2 Å². The molecule has 1 heterocycles. The first-order valence-corrected chi connectivity index (χ1v) is 5.41. The number of ether oxygens (including phenoxy) is 1. The molecule has 0 unspecified atom stereocenters. The lowest BCUT2D eigenvalue weighted by atomic mass is 10.1. The van der Waals surface area contributed by atoms with Gasteiger partial charge in [-0.05, 0) is 12.1 Å². The number of hydrogen-bond donors (Lipinski definition) is 2. The minimum atomic E-state index is -1.10. The number of aromatic carboxylic acids is 1. The van der Waals surface area contributed by atoms with E-state index in [1.54, 1.807) is 0 Å². The third-order valence-corrected chi connectivity index (χ3v) is 2.90. The third kappa shape index (κ3) is 1.96. The average Bonchev–Trinajstić information content (AvgIpc) is 2.59. The fourth-order valence-electron chi connectivity index (χ4n) is 1.95. The number of rotatable bonds is 4. The number of aliphatic hydroxyl groups excluding tert-OH is 1. The molecule has 0 aromatic heterocycles. The van der Waals surface area contributed by atoms with Crippen molar-refractivity contribution in [2.24, 2.45) is 0 Å². The summed E-state index contributed by atoms with van der Waals surface area (Å²) in [4.78, 5) is 24.1. The van der Waals surface area contributed by atoms with E-state index in [0.29, 0.717) is 12.2 Å². The lowest BCUT2D eigenvalue weighted by Gasteiger charge is -2.19. The minimum Gasteiger partial charge on any atom is -0.478 e. The molecule has 96 valence electrons. The number of methoxy groups -OCH3 is 1. The predicted octanol–water partition coefficient (Wildman–Crippen LogP) is 0.478. The van der Waals surface area contributed by atoms with Gasteiger partial charge in [0.1, 0.15) is 0 Å². The molecule has 1 atom stereocenters. The Morgan fingerprint density at radius 2 is 2.22 bits per heavy atom. The van der Waals surface area contributed by atoms with Crippen molar-refractivity contribution in [3.63, 3.8) is 0 Å². The largest absolute Gasteiger partial charge is 0.478 e. The maximum Gasteiger partial charge on any atom is 0.335 e. The van der Waals surface area contributed by atoms with E-state index in [2.05, 4.69) is 0 Å². The Balaban J connectivity index is 2.33. The Morgan fingerprint density at radius 1 is 1.50 bits per heavy atom. The van der Waals surface area contributed by atoms with Gasteiger partial charge in [-0.15, -0.1) is 0 Å². The van der Waals surface area contributed by atoms with Crippen LogP contribution in [0.1, 0.15) is 32.5 Å². The van der Waals surface area contributed by atoms with E-state index in [4.69, 9.17) is 9.84 Å². The molecule has 0 spiro atoms. The molecule has 2 N–H and O–H groups in total. The van der Waals surface area contributed by atoms with Gasteiger partial charge in [-0.3, -0.25) is 4.79 Å². The number of fused-ring (bicyclic) bond motifs is 1. The summed E-state index contributed by atoms with van der Waals surface area (Å²) in [5, 5.41) is 18.8. The molecule has 2 rings (SSSR count). The monoisotopic (exact) mass is 251 g/mol. The van der Waals surface area contributed by atoms with E-state index in [-0.39, 0.29) is 23.6 Å². The molecule has 0 radical (unpaired) electrons. The van der Waals surface area contributed by atoms with Crippen LogP contribution >= 0.6 is 0 Å². The molecule has 0 aliphatic carbocycles. The van der Waals surface area contributed by atoms with Crippen molar-refractivity contribution in [3.05, 3.63) is 34.9 Å². The Kier molecular flexibility index (Phi) is 3.31. The highest BCUT2D eigenvalue weighted by Gasteiger charge is 2.35. The number of aliphatic hydroxyl groups is 1. The maximum atomic E-state index is 12.0. The highest BCUT2D eigenvalue weighted by atomic mass is 16.5.